The van der Waals surface area contributed by atoms with Crippen molar-refractivity contribution in [3.8, 4) is 0 Å². The number of nitrogens with two attached hydrogens (primary N) is 1. The fraction of sp³-hybridized carbons (Fsp3) is 0.600. The summed E-state index contributed by atoms with van der Waals surface area (Å²) in [6, 6.07) is 12.4. The molecule has 0 saturated heterocycles. The Bertz CT molecular complexity index is 241. The molecule has 0 aromatic heterocycles. The minimum absolute atomic E-state index is 0.0460. The SMILES string of the molecule is CCC(N)C1CCC(O)CC1.c1ccccc1. The summed E-state index contributed by atoms with van der Waals surface area (Å²) in [5.74, 6) is 0.670. The van der Waals surface area contributed by atoms with Crippen molar-refractivity contribution in [2.75, 3.05) is 0 Å². The summed E-state index contributed by atoms with van der Waals surface area (Å²) < 4.78 is 0. The maximum Gasteiger partial charge on any atom is 0.0540 e. The van der Waals surface area contributed by atoms with Crippen molar-refractivity contribution in [2.45, 2.75) is 51.2 Å². The van der Waals surface area contributed by atoms with E-state index in [1.165, 1.54) is 0 Å². The highest BCUT2D eigenvalue weighted by atomic mass is 16.3. The third kappa shape index (κ3) is 5.85. The van der Waals surface area contributed by atoms with Crippen molar-refractivity contribution in [3.63, 3.8) is 0 Å². The fourth-order valence-electron chi connectivity index (χ4n) is 2.25. The number of aliphatic hydroxyl groups is 1. The van der Waals surface area contributed by atoms with E-state index in [9.17, 15) is 5.11 Å². The molecule has 1 fully saturated rings. The van der Waals surface area contributed by atoms with Crippen molar-refractivity contribution >= 4 is 0 Å². The zero-order chi connectivity index (χ0) is 12.5. The van der Waals surface area contributed by atoms with Crippen molar-refractivity contribution in [1.82, 2.24) is 0 Å². The Morgan fingerprint density at radius 1 is 1.00 bits per heavy atom. The van der Waals surface area contributed by atoms with Gasteiger partial charge in [-0.3, -0.25) is 0 Å². The van der Waals surface area contributed by atoms with Crippen molar-refractivity contribution in [2.24, 2.45) is 11.7 Å². The molecule has 0 radical (unpaired) electrons. The lowest BCUT2D eigenvalue weighted by molar-refractivity contribution is 0.101. The maximum absolute atomic E-state index is 9.24. The van der Waals surface area contributed by atoms with Gasteiger partial charge in [-0.1, -0.05) is 43.3 Å². The van der Waals surface area contributed by atoms with Gasteiger partial charge >= 0.3 is 0 Å². The standard InChI is InChI=1S/C9H19NO.C6H6/c1-2-9(10)7-3-5-8(11)6-4-7;1-2-4-6-5-3-1/h7-9,11H,2-6,10H2,1H3;1-6H. The Kier molecular flexibility index (Phi) is 6.90. The van der Waals surface area contributed by atoms with Gasteiger partial charge in [-0.05, 0) is 38.0 Å². The van der Waals surface area contributed by atoms with Gasteiger partial charge in [0.15, 0.2) is 0 Å². The first-order valence-electron chi connectivity index (χ1n) is 6.67. The second kappa shape index (κ2) is 8.26. The molecule has 0 amide bonds. The van der Waals surface area contributed by atoms with Crippen LogP contribution >= 0.6 is 0 Å². The maximum atomic E-state index is 9.24. The van der Waals surface area contributed by atoms with E-state index in [-0.39, 0.29) is 6.10 Å². The lowest BCUT2D eigenvalue weighted by Crippen LogP contribution is -2.33. The van der Waals surface area contributed by atoms with Crippen LogP contribution in [-0.4, -0.2) is 17.3 Å². The van der Waals surface area contributed by atoms with Crippen LogP contribution in [0.2, 0.25) is 0 Å². The van der Waals surface area contributed by atoms with Gasteiger partial charge < -0.3 is 10.8 Å². The minimum Gasteiger partial charge on any atom is -0.393 e. The van der Waals surface area contributed by atoms with Gasteiger partial charge in [0.1, 0.15) is 0 Å². The highest BCUT2D eigenvalue weighted by Crippen LogP contribution is 2.26. The molecule has 2 heteroatoms. The quantitative estimate of drug-likeness (QED) is 0.828. The van der Waals surface area contributed by atoms with E-state index in [1.54, 1.807) is 0 Å². The Morgan fingerprint density at radius 2 is 1.41 bits per heavy atom. The molecule has 0 bridgehead atoms. The zero-order valence-corrected chi connectivity index (χ0v) is 10.8. The van der Waals surface area contributed by atoms with Crippen molar-refractivity contribution in [3.05, 3.63) is 36.4 Å². The fourth-order valence-corrected chi connectivity index (χ4v) is 2.25. The smallest absolute Gasteiger partial charge is 0.0540 e. The monoisotopic (exact) mass is 235 g/mol. The lowest BCUT2D eigenvalue weighted by Gasteiger charge is -2.29. The molecule has 0 aliphatic heterocycles. The van der Waals surface area contributed by atoms with Gasteiger partial charge in [0.25, 0.3) is 0 Å². The molecule has 2 nitrogen and oxygen atoms in total. The van der Waals surface area contributed by atoms with Crippen molar-refractivity contribution < 1.29 is 5.11 Å². The Balaban J connectivity index is 0.000000202. The molecule has 3 N–H and O–H groups in total. The van der Waals surface area contributed by atoms with E-state index in [0.29, 0.717) is 12.0 Å². The van der Waals surface area contributed by atoms with E-state index in [0.717, 1.165) is 32.1 Å². The van der Waals surface area contributed by atoms with Crippen LogP contribution < -0.4 is 5.73 Å². The first-order chi connectivity index (χ1) is 8.24. The summed E-state index contributed by atoms with van der Waals surface area (Å²) in [4.78, 5) is 0. The molecule has 17 heavy (non-hydrogen) atoms. The zero-order valence-electron chi connectivity index (χ0n) is 10.8. The van der Waals surface area contributed by atoms with Crippen LogP contribution in [0.15, 0.2) is 36.4 Å². The summed E-state index contributed by atoms with van der Waals surface area (Å²) in [7, 11) is 0. The second-order valence-electron chi connectivity index (χ2n) is 4.80. The predicted octanol–water partition coefficient (Wildman–Crippen LogP) is 2.96. The molecule has 1 aliphatic rings. The van der Waals surface area contributed by atoms with Crippen LogP contribution in [0.3, 0.4) is 0 Å². The topological polar surface area (TPSA) is 46.2 Å². The van der Waals surface area contributed by atoms with Crippen LogP contribution in [0.1, 0.15) is 39.0 Å². The Hall–Kier alpha value is -0.860. The van der Waals surface area contributed by atoms with Crippen LogP contribution in [0.4, 0.5) is 0 Å². The highest BCUT2D eigenvalue weighted by Gasteiger charge is 2.22. The highest BCUT2D eigenvalue weighted by molar-refractivity contribution is 4.99. The molecule has 0 spiro atoms. The summed E-state index contributed by atoms with van der Waals surface area (Å²) in [5.41, 5.74) is 5.91. The number of aliphatic hydroxyl groups excluding tert-OH is 1. The second-order valence-corrected chi connectivity index (χ2v) is 4.80. The minimum atomic E-state index is -0.0460. The molecule has 1 unspecified atom stereocenters. The summed E-state index contributed by atoms with van der Waals surface area (Å²) in [5, 5.41) is 9.24. The summed E-state index contributed by atoms with van der Waals surface area (Å²) in [6.07, 6.45) is 5.18. The number of benzene rings is 1. The van der Waals surface area contributed by atoms with Gasteiger partial charge in [-0.25, -0.2) is 0 Å². The molecular formula is C15H25NO. The van der Waals surface area contributed by atoms with Gasteiger partial charge in [0.2, 0.25) is 0 Å². The van der Waals surface area contributed by atoms with E-state index < -0.39 is 0 Å². The van der Waals surface area contributed by atoms with E-state index in [4.69, 9.17) is 5.73 Å². The summed E-state index contributed by atoms with van der Waals surface area (Å²) >= 11 is 0. The van der Waals surface area contributed by atoms with E-state index in [2.05, 4.69) is 6.92 Å². The van der Waals surface area contributed by atoms with Crippen LogP contribution in [0.25, 0.3) is 0 Å². The molecule has 1 aromatic rings. The molecule has 0 heterocycles. The van der Waals surface area contributed by atoms with Gasteiger partial charge in [-0.2, -0.15) is 0 Å². The van der Waals surface area contributed by atoms with E-state index in [1.807, 2.05) is 36.4 Å². The van der Waals surface area contributed by atoms with Crippen LogP contribution in [0, 0.1) is 5.92 Å². The average molecular weight is 235 g/mol. The van der Waals surface area contributed by atoms with Crippen molar-refractivity contribution in [1.29, 1.82) is 0 Å². The molecule has 1 atom stereocenters. The largest absolute Gasteiger partial charge is 0.393 e. The third-order valence-electron chi connectivity index (χ3n) is 3.48. The first-order valence-corrected chi connectivity index (χ1v) is 6.67. The van der Waals surface area contributed by atoms with E-state index >= 15 is 0 Å². The van der Waals surface area contributed by atoms with Gasteiger partial charge in [-0.15, -0.1) is 0 Å². The number of rotatable bonds is 2. The van der Waals surface area contributed by atoms with Gasteiger partial charge in [0, 0.05) is 6.04 Å². The summed E-state index contributed by atoms with van der Waals surface area (Å²) in [6.45, 7) is 2.13. The Morgan fingerprint density at radius 3 is 1.76 bits per heavy atom. The number of hydrogen-bond acceptors (Lipinski definition) is 2. The first kappa shape index (κ1) is 14.2. The predicted molar refractivity (Wildman–Crippen MR) is 72.7 cm³/mol. The van der Waals surface area contributed by atoms with Gasteiger partial charge in [0.05, 0.1) is 6.10 Å². The average Bonchev–Trinajstić information content (AvgIpc) is 2.41. The normalized spacial score (nSPS) is 25.6. The molecule has 1 aliphatic carbocycles. The molecule has 1 aromatic carbocycles. The third-order valence-corrected chi connectivity index (χ3v) is 3.48. The molecule has 2 rings (SSSR count). The molecule has 1 saturated carbocycles. The Labute approximate surface area is 105 Å². The lowest BCUT2D eigenvalue weighted by atomic mass is 9.82. The van der Waals surface area contributed by atoms with Crippen LogP contribution in [0.5, 0.6) is 0 Å². The van der Waals surface area contributed by atoms with Crippen LogP contribution in [-0.2, 0) is 0 Å². The number of hydrogen-bond donors (Lipinski definition) is 2. The molecule has 96 valence electrons. The molecular weight excluding hydrogens is 210 g/mol.